The van der Waals surface area contributed by atoms with Gasteiger partial charge in [-0.2, -0.15) is 5.26 Å². The molecule has 0 aliphatic rings. The zero-order valence-electron chi connectivity index (χ0n) is 10.7. The van der Waals surface area contributed by atoms with Crippen LogP contribution in [0.25, 0.3) is 0 Å². The minimum absolute atomic E-state index is 0.384. The summed E-state index contributed by atoms with van der Waals surface area (Å²) in [7, 11) is 1.34. The number of unbranched alkanes of at least 4 members (excludes halogenated alkanes) is 1. The summed E-state index contributed by atoms with van der Waals surface area (Å²) >= 11 is 0. The normalized spacial score (nSPS) is 11.4. The quantitative estimate of drug-likeness (QED) is 0.725. The number of nitrogens with zero attached hydrogens (tertiary/aromatic N) is 1. The van der Waals surface area contributed by atoms with Crippen molar-refractivity contribution in [3.8, 4) is 11.8 Å². The number of ether oxygens (including phenoxy) is 2. The van der Waals surface area contributed by atoms with E-state index in [9.17, 15) is 4.79 Å². The van der Waals surface area contributed by atoms with Gasteiger partial charge in [-0.05, 0) is 31.0 Å². The molecule has 4 heteroatoms. The molecule has 0 heterocycles. The first-order valence-corrected chi connectivity index (χ1v) is 5.96. The summed E-state index contributed by atoms with van der Waals surface area (Å²) in [6.45, 7) is 2.05. The van der Waals surface area contributed by atoms with Gasteiger partial charge in [-0.3, -0.25) is 0 Å². The fraction of sp³-hybridized carbons (Fsp3) is 0.429. The molecule has 0 radical (unpaired) electrons. The highest BCUT2D eigenvalue weighted by atomic mass is 16.6. The van der Waals surface area contributed by atoms with Crippen molar-refractivity contribution in [2.75, 3.05) is 7.11 Å². The molecular weight excluding hydrogens is 230 g/mol. The first kappa shape index (κ1) is 14.0. The number of carbonyl (C=O) groups excluding carboxylic acids is 1. The SMILES string of the molecule is CCCCC(Oc1cccc(C#N)c1)C(=O)OC. The van der Waals surface area contributed by atoms with E-state index in [0.717, 1.165) is 12.8 Å². The van der Waals surface area contributed by atoms with Gasteiger partial charge in [0.2, 0.25) is 0 Å². The van der Waals surface area contributed by atoms with Crippen LogP contribution in [0.15, 0.2) is 24.3 Å². The van der Waals surface area contributed by atoms with Gasteiger partial charge < -0.3 is 9.47 Å². The Morgan fingerprint density at radius 2 is 2.28 bits per heavy atom. The number of hydrogen-bond acceptors (Lipinski definition) is 4. The molecule has 0 fully saturated rings. The maximum absolute atomic E-state index is 11.6. The highest BCUT2D eigenvalue weighted by molar-refractivity contribution is 5.74. The van der Waals surface area contributed by atoms with E-state index in [1.165, 1.54) is 7.11 Å². The summed E-state index contributed by atoms with van der Waals surface area (Å²) in [4.78, 5) is 11.6. The maximum atomic E-state index is 11.6. The van der Waals surface area contributed by atoms with Gasteiger partial charge in [-0.25, -0.2) is 4.79 Å². The minimum Gasteiger partial charge on any atom is -0.479 e. The van der Waals surface area contributed by atoms with Crippen molar-refractivity contribution in [3.63, 3.8) is 0 Å². The molecule has 1 aromatic carbocycles. The zero-order chi connectivity index (χ0) is 13.4. The summed E-state index contributed by atoms with van der Waals surface area (Å²) in [6.07, 6.45) is 1.87. The van der Waals surface area contributed by atoms with Gasteiger partial charge in [0.05, 0.1) is 18.7 Å². The molecule has 18 heavy (non-hydrogen) atoms. The molecule has 0 N–H and O–H groups in total. The molecule has 1 unspecified atom stereocenters. The molecule has 4 nitrogen and oxygen atoms in total. The van der Waals surface area contributed by atoms with Crippen LogP contribution in [0.3, 0.4) is 0 Å². The second kappa shape index (κ2) is 7.33. The Morgan fingerprint density at radius 3 is 2.89 bits per heavy atom. The van der Waals surface area contributed by atoms with E-state index in [-0.39, 0.29) is 5.97 Å². The number of nitriles is 1. The van der Waals surface area contributed by atoms with E-state index in [2.05, 4.69) is 0 Å². The van der Waals surface area contributed by atoms with Crippen LogP contribution < -0.4 is 4.74 Å². The van der Waals surface area contributed by atoms with E-state index >= 15 is 0 Å². The van der Waals surface area contributed by atoms with Crippen molar-refractivity contribution >= 4 is 5.97 Å². The smallest absolute Gasteiger partial charge is 0.347 e. The van der Waals surface area contributed by atoms with E-state index in [0.29, 0.717) is 17.7 Å². The molecule has 0 saturated heterocycles. The fourth-order valence-electron chi connectivity index (χ4n) is 1.55. The lowest BCUT2D eigenvalue weighted by molar-refractivity contribution is -0.149. The van der Waals surface area contributed by atoms with E-state index in [4.69, 9.17) is 14.7 Å². The van der Waals surface area contributed by atoms with Gasteiger partial charge in [0.15, 0.2) is 6.10 Å². The van der Waals surface area contributed by atoms with Crippen molar-refractivity contribution in [2.24, 2.45) is 0 Å². The monoisotopic (exact) mass is 247 g/mol. The van der Waals surface area contributed by atoms with Crippen LogP contribution >= 0.6 is 0 Å². The highest BCUT2D eigenvalue weighted by Crippen LogP contribution is 2.17. The van der Waals surface area contributed by atoms with Gasteiger partial charge in [0.1, 0.15) is 5.75 Å². The number of rotatable bonds is 6. The summed E-state index contributed by atoms with van der Waals surface area (Å²) in [6, 6.07) is 8.78. The predicted molar refractivity (Wildman–Crippen MR) is 67.1 cm³/mol. The number of esters is 1. The molecule has 0 bridgehead atoms. The number of carbonyl (C=O) groups is 1. The Morgan fingerprint density at radius 1 is 1.50 bits per heavy atom. The van der Waals surface area contributed by atoms with Crippen molar-refractivity contribution in [1.82, 2.24) is 0 Å². The van der Waals surface area contributed by atoms with Crippen LogP contribution in [0.1, 0.15) is 31.7 Å². The third kappa shape index (κ3) is 4.10. The lowest BCUT2D eigenvalue weighted by Gasteiger charge is -2.16. The van der Waals surface area contributed by atoms with Crippen molar-refractivity contribution in [2.45, 2.75) is 32.3 Å². The Bertz CT molecular complexity index is 437. The van der Waals surface area contributed by atoms with Crippen LogP contribution in [0.2, 0.25) is 0 Å². The van der Waals surface area contributed by atoms with Crippen LogP contribution in [-0.2, 0) is 9.53 Å². The zero-order valence-corrected chi connectivity index (χ0v) is 10.7. The molecule has 96 valence electrons. The van der Waals surface area contributed by atoms with Gasteiger partial charge in [0.25, 0.3) is 0 Å². The lowest BCUT2D eigenvalue weighted by atomic mass is 10.1. The van der Waals surface area contributed by atoms with Crippen molar-refractivity contribution < 1.29 is 14.3 Å². The van der Waals surface area contributed by atoms with E-state index in [1.54, 1.807) is 24.3 Å². The highest BCUT2D eigenvalue weighted by Gasteiger charge is 2.20. The molecule has 0 aliphatic carbocycles. The number of hydrogen-bond donors (Lipinski definition) is 0. The molecular formula is C14H17NO3. The predicted octanol–water partition coefficient (Wildman–Crippen LogP) is 2.67. The largest absolute Gasteiger partial charge is 0.479 e. The van der Waals surface area contributed by atoms with Gasteiger partial charge in [-0.15, -0.1) is 0 Å². The van der Waals surface area contributed by atoms with E-state index in [1.807, 2.05) is 13.0 Å². The third-order valence-corrected chi connectivity index (χ3v) is 2.53. The second-order valence-corrected chi connectivity index (χ2v) is 3.91. The molecule has 0 aromatic heterocycles. The summed E-state index contributed by atoms with van der Waals surface area (Å²) in [5, 5.41) is 8.80. The number of methoxy groups -OCH3 is 1. The third-order valence-electron chi connectivity index (χ3n) is 2.53. The standard InChI is InChI=1S/C14H17NO3/c1-3-4-8-13(14(16)17-2)18-12-7-5-6-11(9-12)10-15/h5-7,9,13H,3-4,8H2,1-2H3. The Kier molecular flexibility index (Phi) is 5.72. The van der Waals surface area contributed by atoms with Crippen molar-refractivity contribution in [1.29, 1.82) is 5.26 Å². The fourth-order valence-corrected chi connectivity index (χ4v) is 1.55. The first-order valence-electron chi connectivity index (χ1n) is 5.96. The topological polar surface area (TPSA) is 59.3 Å². The molecule has 0 amide bonds. The molecule has 1 rings (SSSR count). The lowest BCUT2D eigenvalue weighted by Crippen LogP contribution is -2.28. The van der Waals surface area contributed by atoms with Crippen molar-refractivity contribution in [3.05, 3.63) is 29.8 Å². The summed E-state index contributed by atoms with van der Waals surface area (Å²) < 4.78 is 10.3. The van der Waals surface area contributed by atoms with E-state index < -0.39 is 6.10 Å². The van der Waals surface area contributed by atoms with Gasteiger partial charge in [0, 0.05) is 0 Å². The molecule has 0 aliphatic heterocycles. The van der Waals surface area contributed by atoms with Gasteiger partial charge >= 0.3 is 5.97 Å². The molecule has 1 atom stereocenters. The Balaban J connectivity index is 2.75. The maximum Gasteiger partial charge on any atom is 0.347 e. The van der Waals surface area contributed by atoms with Crippen LogP contribution in [0.4, 0.5) is 0 Å². The van der Waals surface area contributed by atoms with Crippen LogP contribution in [0.5, 0.6) is 5.75 Å². The molecule has 0 spiro atoms. The first-order chi connectivity index (χ1) is 8.71. The van der Waals surface area contributed by atoms with Crippen LogP contribution in [0, 0.1) is 11.3 Å². The number of benzene rings is 1. The molecule has 1 aromatic rings. The van der Waals surface area contributed by atoms with Gasteiger partial charge in [-0.1, -0.05) is 19.4 Å². The average Bonchev–Trinajstić information content (AvgIpc) is 2.42. The Hall–Kier alpha value is -2.02. The minimum atomic E-state index is -0.608. The summed E-state index contributed by atoms with van der Waals surface area (Å²) in [5.41, 5.74) is 0.506. The second-order valence-electron chi connectivity index (χ2n) is 3.91. The average molecular weight is 247 g/mol. The summed E-state index contributed by atoms with van der Waals surface area (Å²) in [5.74, 6) is 0.131. The van der Waals surface area contributed by atoms with Crippen LogP contribution in [-0.4, -0.2) is 19.2 Å². The molecule has 0 saturated carbocycles. The Labute approximate surface area is 107 Å².